The molecule has 5 N–H and O–H groups in total. The second-order valence-corrected chi connectivity index (χ2v) is 7.10. The van der Waals surface area contributed by atoms with Gasteiger partial charge in [-0.25, -0.2) is 0 Å². The molecule has 0 unspecified atom stereocenters. The van der Waals surface area contributed by atoms with Gasteiger partial charge in [-0.15, -0.1) is 0 Å². The standard InChI is InChI=1S/C19H41NO3/c20-19(17-22,18-23)15-13-11-9-7-5-3-1-2-4-6-8-10-12-14-16-21/h21-23H,1-18,20H2. The van der Waals surface area contributed by atoms with Crippen molar-refractivity contribution in [2.75, 3.05) is 19.8 Å². The Balaban J connectivity index is 3.14. The highest BCUT2D eigenvalue weighted by Crippen LogP contribution is 2.15. The van der Waals surface area contributed by atoms with Gasteiger partial charge in [0.15, 0.2) is 0 Å². The average molecular weight is 332 g/mol. The molecule has 0 fully saturated rings. The summed E-state index contributed by atoms with van der Waals surface area (Å²) in [4.78, 5) is 0. The van der Waals surface area contributed by atoms with Crippen molar-refractivity contribution in [1.82, 2.24) is 0 Å². The molecule has 23 heavy (non-hydrogen) atoms. The molecule has 0 aromatic carbocycles. The number of hydrogen-bond donors (Lipinski definition) is 4. The summed E-state index contributed by atoms with van der Waals surface area (Å²) in [6, 6.07) is 0. The van der Waals surface area contributed by atoms with Gasteiger partial charge in [0.05, 0.1) is 18.8 Å². The molecular formula is C19H41NO3. The van der Waals surface area contributed by atoms with Crippen LogP contribution in [0.25, 0.3) is 0 Å². The number of aliphatic hydroxyl groups is 3. The van der Waals surface area contributed by atoms with Gasteiger partial charge in [0, 0.05) is 6.61 Å². The summed E-state index contributed by atoms with van der Waals surface area (Å²) in [5.74, 6) is 0. The molecule has 0 aromatic rings. The van der Waals surface area contributed by atoms with Crippen LogP contribution in [0.5, 0.6) is 0 Å². The molecule has 0 atom stereocenters. The Hall–Kier alpha value is -0.160. The van der Waals surface area contributed by atoms with Crippen LogP contribution in [0.2, 0.25) is 0 Å². The maximum atomic E-state index is 9.11. The van der Waals surface area contributed by atoms with Crippen LogP contribution >= 0.6 is 0 Å². The Kier molecular flexibility index (Phi) is 16.6. The molecule has 0 radical (unpaired) electrons. The van der Waals surface area contributed by atoms with Crippen molar-refractivity contribution in [3.05, 3.63) is 0 Å². The minimum atomic E-state index is -0.780. The Bertz CT molecular complexity index is 233. The van der Waals surface area contributed by atoms with E-state index in [1.54, 1.807) is 0 Å². The van der Waals surface area contributed by atoms with Gasteiger partial charge in [0.25, 0.3) is 0 Å². The van der Waals surface area contributed by atoms with Crippen LogP contribution in [0.4, 0.5) is 0 Å². The number of aliphatic hydroxyl groups excluding tert-OH is 3. The summed E-state index contributed by atoms with van der Waals surface area (Å²) in [5.41, 5.74) is 5.06. The van der Waals surface area contributed by atoms with Crippen LogP contribution in [0.15, 0.2) is 0 Å². The number of nitrogens with two attached hydrogens (primary N) is 1. The monoisotopic (exact) mass is 331 g/mol. The molecule has 0 aromatic heterocycles. The van der Waals surface area contributed by atoms with E-state index in [9.17, 15) is 0 Å². The van der Waals surface area contributed by atoms with Crippen LogP contribution in [-0.2, 0) is 0 Å². The maximum absolute atomic E-state index is 9.11. The van der Waals surface area contributed by atoms with Gasteiger partial charge in [-0.3, -0.25) is 0 Å². The minimum absolute atomic E-state index is 0.134. The summed E-state index contributed by atoms with van der Waals surface area (Å²) in [6.07, 6.45) is 18.2. The first kappa shape index (κ1) is 22.8. The summed E-state index contributed by atoms with van der Waals surface area (Å²) in [7, 11) is 0. The van der Waals surface area contributed by atoms with Crippen molar-refractivity contribution in [3.63, 3.8) is 0 Å². The van der Waals surface area contributed by atoms with Crippen molar-refractivity contribution in [2.45, 2.75) is 102 Å². The predicted molar refractivity (Wildman–Crippen MR) is 97.4 cm³/mol. The lowest BCUT2D eigenvalue weighted by molar-refractivity contribution is 0.112. The second kappa shape index (κ2) is 16.7. The van der Waals surface area contributed by atoms with Crippen molar-refractivity contribution >= 4 is 0 Å². The molecule has 0 spiro atoms. The topological polar surface area (TPSA) is 86.7 Å². The van der Waals surface area contributed by atoms with Crippen LogP contribution in [0, 0.1) is 0 Å². The lowest BCUT2D eigenvalue weighted by atomic mass is 9.94. The van der Waals surface area contributed by atoms with Crippen molar-refractivity contribution in [1.29, 1.82) is 0 Å². The molecule has 0 aliphatic carbocycles. The van der Waals surface area contributed by atoms with Gasteiger partial charge in [-0.2, -0.15) is 0 Å². The van der Waals surface area contributed by atoms with Crippen LogP contribution in [0.3, 0.4) is 0 Å². The van der Waals surface area contributed by atoms with E-state index in [2.05, 4.69) is 0 Å². The highest BCUT2D eigenvalue weighted by Gasteiger charge is 2.21. The first-order valence-electron chi connectivity index (χ1n) is 9.80. The van der Waals surface area contributed by atoms with E-state index in [1.165, 1.54) is 70.6 Å². The molecule has 0 heterocycles. The zero-order valence-corrected chi connectivity index (χ0v) is 15.1. The van der Waals surface area contributed by atoms with E-state index < -0.39 is 5.54 Å². The lowest BCUT2D eigenvalue weighted by Gasteiger charge is -2.24. The molecular weight excluding hydrogens is 290 g/mol. The molecule has 4 nitrogen and oxygen atoms in total. The fourth-order valence-corrected chi connectivity index (χ4v) is 2.92. The smallest absolute Gasteiger partial charge is 0.0633 e. The fraction of sp³-hybridized carbons (Fsp3) is 1.00. The van der Waals surface area contributed by atoms with Crippen LogP contribution < -0.4 is 5.73 Å². The zero-order chi connectivity index (χ0) is 17.2. The normalized spacial score (nSPS) is 12.0. The Morgan fingerprint density at radius 1 is 0.478 bits per heavy atom. The first-order valence-corrected chi connectivity index (χ1v) is 9.80. The Labute approximate surface area is 143 Å². The molecule has 0 aliphatic heterocycles. The van der Waals surface area contributed by atoms with Crippen molar-refractivity contribution in [2.24, 2.45) is 5.73 Å². The quantitative estimate of drug-likeness (QED) is 0.289. The van der Waals surface area contributed by atoms with Gasteiger partial charge in [0.1, 0.15) is 0 Å². The molecule has 0 bridgehead atoms. The molecule has 0 amide bonds. The third-order valence-corrected chi connectivity index (χ3v) is 4.71. The summed E-state index contributed by atoms with van der Waals surface area (Å²) < 4.78 is 0. The van der Waals surface area contributed by atoms with Crippen LogP contribution in [-0.4, -0.2) is 40.7 Å². The van der Waals surface area contributed by atoms with E-state index in [0.29, 0.717) is 13.0 Å². The molecule has 0 aliphatic rings. The largest absolute Gasteiger partial charge is 0.396 e. The van der Waals surface area contributed by atoms with Gasteiger partial charge in [-0.1, -0.05) is 83.5 Å². The number of hydrogen-bond acceptors (Lipinski definition) is 4. The van der Waals surface area contributed by atoms with Gasteiger partial charge < -0.3 is 21.1 Å². The van der Waals surface area contributed by atoms with E-state index in [0.717, 1.165) is 19.3 Å². The molecule has 0 rings (SSSR count). The minimum Gasteiger partial charge on any atom is -0.396 e. The first-order chi connectivity index (χ1) is 11.2. The second-order valence-electron chi connectivity index (χ2n) is 7.10. The molecule has 4 heteroatoms. The van der Waals surface area contributed by atoms with E-state index in [1.807, 2.05) is 0 Å². The van der Waals surface area contributed by atoms with Crippen molar-refractivity contribution in [3.8, 4) is 0 Å². The van der Waals surface area contributed by atoms with Crippen molar-refractivity contribution < 1.29 is 15.3 Å². The highest BCUT2D eigenvalue weighted by molar-refractivity contribution is 4.81. The Morgan fingerprint density at radius 2 is 0.783 bits per heavy atom. The van der Waals surface area contributed by atoms with Crippen LogP contribution in [0.1, 0.15) is 96.3 Å². The SMILES string of the molecule is NC(CO)(CO)CCCCCCCCCCCCCCCCO. The van der Waals surface area contributed by atoms with E-state index in [4.69, 9.17) is 21.1 Å². The van der Waals surface area contributed by atoms with Gasteiger partial charge >= 0.3 is 0 Å². The Morgan fingerprint density at radius 3 is 1.09 bits per heavy atom. The zero-order valence-electron chi connectivity index (χ0n) is 15.1. The predicted octanol–water partition coefficient (Wildman–Crippen LogP) is 3.51. The molecule has 0 saturated heterocycles. The van der Waals surface area contributed by atoms with E-state index in [-0.39, 0.29) is 13.2 Å². The fourth-order valence-electron chi connectivity index (χ4n) is 2.92. The maximum Gasteiger partial charge on any atom is 0.0633 e. The summed E-state index contributed by atoms with van der Waals surface area (Å²) in [5, 5.41) is 26.9. The van der Waals surface area contributed by atoms with Gasteiger partial charge in [-0.05, 0) is 12.8 Å². The van der Waals surface area contributed by atoms with E-state index >= 15 is 0 Å². The number of rotatable bonds is 18. The number of unbranched alkanes of at least 4 members (excludes halogenated alkanes) is 13. The van der Waals surface area contributed by atoms with Gasteiger partial charge in [0.2, 0.25) is 0 Å². The molecule has 140 valence electrons. The molecule has 0 saturated carbocycles. The average Bonchev–Trinajstić information content (AvgIpc) is 2.58. The lowest BCUT2D eigenvalue weighted by Crippen LogP contribution is -2.47. The summed E-state index contributed by atoms with van der Waals surface area (Å²) >= 11 is 0. The third-order valence-electron chi connectivity index (χ3n) is 4.71. The summed E-state index contributed by atoms with van der Waals surface area (Å²) in [6.45, 7) is 0.0752. The highest BCUT2D eigenvalue weighted by atomic mass is 16.3. The third kappa shape index (κ3) is 15.1.